The van der Waals surface area contributed by atoms with E-state index in [2.05, 4.69) is 10.5 Å². The Morgan fingerprint density at radius 2 is 1.77 bits per heavy atom. The number of ether oxygens (including phenoxy) is 3. The van der Waals surface area contributed by atoms with E-state index in [0.29, 0.717) is 47.6 Å². The van der Waals surface area contributed by atoms with E-state index in [1.807, 2.05) is 4.90 Å². The van der Waals surface area contributed by atoms with Crippen LogP contribution >= 0.6 is 0 Å². The molecule has 1 saturated heterocycles. The second kappa shape index (κ2) is 13.8. The maximum absolute atomic E-state index is 13.9. The Bertz CT molecular complexity index is 1690. The topological polar surface area (TPSA) is 196 Å². The van der Waals surface area contributed by atoms with Crippen LogP contribution in [0.5, 0.6) is 11.5 Å². The Labute approximate surface area is 251 Å². The summed E-state index contributed by atoms with van der Waals surface area (Å²) in [6.45, 7) is 1.13. The number of hydrogen-bond acceptors (Lipinski definition) is 12. The fraction of sp³-hybridized carbons (Fsp3) is 0.259. The highest BCUT2D eigenvalue weighted by molar-refractivity contribution is 7.93. The number of para-hydroxylation sites is 1. The Kier molecular flexibility index (Phi) is 9.92. The van der Waals surface area contributed by atoms with Crippen molar-refractivity contribution in [3.8, 4) is 11.5 Å². The fourth-order valence-corrected chi connectivity index (χ4v) is 6.02. The standard InChI is InChI=1S/C27H28N6O10S/c1-41-21-8-10-23(25(16-21)42-2)31(44(39,40)26-6-4-3-5-24(26)33(37)38)18-27(34)29-28-17-19-15-20(32(35)36)7-9-22(19)30-11-13-43-14-12-30/h3-10,15-17H,11-14,18H2,1-2H3,(H,29,34)/b28-17-. The van der Waals surface area contributed by atoms with Gasteiger partial charge in [0, 0.05) is 48.6 Å². The van der Waals surface area contributed by atoms with E-state index in [-0.39, 0.29) is 17.1 Å². The molecular weight excluding hydrogens is 600 g/mol. The number of nitro benzene ring substituents is 2. The molecule has 0 aromatic heterocycles. The summed E-state index contributed by atoms with van der Waals surface area (Å²) < 4.78 is 44.3. The number of nitro groups is 2. The van der Waals surface area contributed by atoms with Gasteiger partial charge in [-0.2, -0.15) is 5.10 Å². The highest BCUT2D eigenvalue weighted by Gasteiger charge is 2.34. The molecular formula is C27H28N6O10S. The number of methoxy groups -OCH3 is 2. The van der Waals surface area contributed by atoms with Crippen LogP contribution in [0.15, 0.2) is 70.7 Å². The number of hydrogen-bond donors (Lipinski definition) is 1. The summed E-state index contributed by atoms with van der Waals surface area (Å²) in [4.78, 5) is 36.1. The number of carbonyl (C=O) groups is 1. The molecule has 3 aromatic carbocycles. The van der Waals surface area contributed by atoms with Gasteiger partial charge in [0.1, 0.15) is 18.0 Å². The molecule has 1 aliphatic heterocycles. The smallest absolute Gasteiger partial charge is 0.289 e. The minimum atomic E-state index is -4.73. The number of rotatable bonds is 12. The second-order valence-corrected chi connectivity index (χ2v) is 11.0. The zero-order valence-corrected chi connectivity index (χ0v) is 24.4. The molecule has 16 nitrogen and oxygen atoms in total. The van der Waals surface area contributed by atoms with Crippen molar-refractivity contribution in [3.05, 3.63) is 86.5 Å². The Hall–Kier alpha value is -5.29. The molecule has 0 saturated carbocycles. The van der Waals surface area contributed by atoms with Gasteiger partial charge < -0.3 is 19.1 Å². The first-order chi connectivity index (χ1) is 21.1. The van der Waals surface area contributed by atoms with Crippen molar-refractivity contribution in [2.24, 2.45) is 5.10 Å². The van der Waals surface area contributed by atoms with Crippen LogP contribution in [-0.2, 0) is 19.6 Å². The lowest BCUT2D eigenvalue weighted by atomic mass is 10.1. The minimum Gasteiger partial charge on any atom is -0.497 e. The first-order valence-corrected chi connectivity index (χ1v) is 14.4. The molecule has 0 spiro atoms. The van der Waals surface area contributed by atoms with Crippen molar-refractivity contribution in [1.82, 2.24) is 5.43 Å². The molecule has 0 radical (unpaired) electrons. The number of morpholine rings is 1. The van der Waals surface area contributed by atoms with Gasteiger partial charge in [-0.25, -0.2) is 13.8 Å². The van der Waals surface area contributed by atoms with Gasteiger partial charge in [0.05, 0.1) is 49.2 Å². The van der Waals surface area contributed by atoms with Crippen LogP contribution in [0.1, 0.15) is 5.56 Å². The molecule has 1 fully saturated rings. The fourth-order valence-electron chi connectivity index (χ4n) is 4.43. The van der Waals surface area contributed by atoms with Gasteiger partial charge >= 0.3 is 0 Å². The van der Waals surface area contributed by atoms with Gasteiger partial charge in [0.2, 0.25) is 0 Å². The van der Waals surface area contributed by atoms with E-state index in [4.69, 9.17) is 14.2 Å². The first kappa shape index (κ1) is 31.6. The summed E-state index contributed by atoms with van der Waals surface area (Å²) in [5, 5.41) is 27.0. The summed E-state index contributed by atoms with van der Waals surface area (Å²) in [5.74, 6) is -0.579. The zero-order chi connectivity index (χ0) is 31.9. The van der Waals surface area contributed by atoms with Crippen LogP contribution in [-0.4, -0.2) is 77.5 Å². The molecule has 0 unspecified atom stereocenters. The van der Waals surface area contributed by atoms with Crippen molar-refractivity contribution in [2.75, 3.05) is 56.3 Å². The predicted molar refractivity (Wildman–Crippen MR) is 159 cm³/mol. The summed E-state index contributed by atoms with van der Waals surface area (Å²) in [7, 11) is -2.05. The second-order valence-electron chi connectivity index (χ2n) is 9.17. The molecule has 1 heterocycles. The van der Waals surface area contributed by atoms with E-state index >= 15 is 0 Å². The van der Waals surface area contributed by atoms with Gasteiger partial charge in [0.15, 0.2) is 4.90 Å². The van der Waals surface area contributed by atoms with E-state index in [1.54, 1.807) is 6.07 Å². The largest absolute Gasteiger partial charge is 0.497 e. The molecule has 1 N–H and O–H groups in total. The maximum atomic E-state index is 13.9. The SMILES string of the molecule is COc1ccc(N(CC(=O)N/N=C\c2cc([N+](=O)[O-])ccc2N2CCOCC2)S(=O)(=O)c2ccccc2[N+](=O)[O-])c(OC)c1. The number of sulfonamides is 1. The van der Waals surface area contributed by atoms with Gasteiger partial charge in [-0.3, -0.25) is 29.3 Å². The molecule has 4 rings (SSSR count). The van der Waals surface area contributed by atoms with Crippen LogP contribution in [0, 0.1) is 20.2 Å². The molecule has 17 heteroatoms. The predicted octanol–water partition coefficient (Wildman–Crippen LogP) is 2.70. The maximum Gasteiger partial charge on any atom is 0.289 e. The van der Waals surface area contributed by atoms with Crippen LogP contribution in [0.3, 0.4) is 0 Å². The first-order valence-electron chi connectivity index (χ1n) is 13.0. The number of nitrogens with one attached hydrogen (secondary N) is 1. The highest BCUT2D eigenvalue weighted by atomic mass is 32.2. The van der Waals surface area contributed by atoms with E-state index in [0.717, 1.165) is 12.1 Å². The van der Waals surface area contributed by atoms with Gasteiger partial charge in [0.25, 0.3) is 27.3 Å². The van der Waals surface area contributed by atoms with Crippen LogP contribution in [0.25, 0.3) is 0 Å². The summed E-state index contributed by atoms with van der Waals surface area (Å²) in [6.07, 6.45) is 1.21. The van der Waals surface area contributed by atoms with Crippen LogP contribution in [0.2, 0.25) is 0 Å². The molecule has 3 aromatic rings. The van der Waals surface area contributed by atoms with Gasteiger partial charge in [-0.05, 0) is 24.3 Å². The third-order valence-corrected chi connectivity index (χ3v) is 8.35. The molecule has 44 heavy (non-hydrogen) atoms. The quantitative estimate of drug-likeness (QED) is 0.176. The van der Waals surface area contributed by atoms with E-state index in [1.165, 1.54) is 62.9 Å². The third kappa shape index (κ3) is 7.01. The molecule has 0 bridgehead atoms. The van der Waals surface area contributed by atoms with Crippen molar-refractivity contribution in [1.29, 1.82) is 0 Å². The average Bonchev–Trinajstić information content (AvgIpc) is 3.03. The molecule has 1 amide bonds. The Morgan fingerprint density at radius 3 is 2.43 bits per heavy atom. The summed E-state index contributed by atoms with van der Waals surface area (Å²) >= 11 is 0. The molecule has 1 aliphatic rings. The number of nitrogens with zero attached hydrogens (tertiary/aromatic N) is 5. The normalized spacial score (nSPS) is 13.4. The number of carbonyl (C=O) groups excluding carboxylic acids is 1. The third-order valence-electron chi connectivity index (χ3n) is 6.54. The Morgan fingerprint density at radius 1 is 1.05 bits per heavy atom. The van der Waals surface area contributed by atoms with E-state index < -0.39 is 42.9 Å². The van der Waals surface area contributed by atoms with Crippen molar-refractivity contribution in [2.45, 2.75) is 4.90 Å². The number of anilines is 2. The molecule has 232 valence electrons. The monoisotopic (exact) mass is 628 g/mol. The summed E-state index contributed by atoms with van der Waals surface area (Å²) in [5.41, 5.74) is 2.22. The van der Waals surface area contributed by atoms with E-state index in [9.17, 15) is 33.4 Å². The van der Waals surface area contributed by atoms with Crippen molar-refractivity contribution in [3.63, 3.8) is 0 Å². The lowest BCUT2D eigenvalue weighted by Gasteiger charge is -2.29. The van der Waals surface area contributed by atoms with Gasteiger partial charge in [-0.1, -0.05) is 12.1 Å². The molecule has 0 atom stereocenters. The van der Waals surface area contributed by atoms with Crippen molar-refractivity contribution < 1.29 is 37.3 Å². The minimum absolute atomic E-state index is 0.00885. The Balaban J connectivity index is 1.68. The zero-order valence-electron chi connectivity index (χ0n) is 23.6. The van der Waals surface area contributed by atoms with Crippen molar-refractivity contribution >= 4 is 44.9 Å². The number of benzene rings is 3. The number of non-ortho nitro benzene ring substituents is 1. The average molecular weight is 629 g/mol. The molecule has 0 aliphatic carbocycles. The highest BCUT2D eigenvalue weighted by Crippen LogP contribution is 2.37. The van der Waals surface area contributed by atoms with Crippen LogP contribution in [0.4, 0.5) is 22.7 Å². The van der Waals surface area contributed by atoms with Crippen LogP contribution < -0.4 is 24.1 Å². The lowest BCUT2D eigenvalue weighted by molar-refractivity contribution is -0.387. The summed E-state index contributed by atoms with van der Waals surface area (Å²) in [6, 6.07) is 13.1. The van der Waals surface area contributed by atoms with Gasteiger partial charge in [-0.15, -0.1) is 0 Å². The lowest BCUT2D eigenvalue weighted by Crippen LogP contribution is -2.40. The number of hydrazone groups is 1. The number of amides is 1.